The highest BCUT2D eigenvalue weighted by molar-refractivity contribution is 4.81. The molecule has 1 rings (SSSR count). The third kappa shape index (κ3) is 2.09. The van der Waals surface area contributed by atoms with Crippen LogP contribution in [0, 0.1) is 0 Å². The number of nitrogens with one attached hydrogen (secondary N) is 1. The molecule has 1 aliphatic heterocycles. The third-order valence-corrected chi connectivity index (χ3v) is 1.10. The lowest BCUT2D eigenvalue weighted by molar-refractivity contribution is 0.0600. The Morgan fingerprint density at radius 1 is 1.38 bits per heavy atom. The van der Waals surface area contributed by atoms with Crippen molar-refractivity contribution in [2.75, 3.05) is 13.2 Å². The molecule has 0 saturated heterocycles. The Kier molecular flexibility index (Phi) is 2.63. The summed E-state index contributed by atoms with van der Waals surface area (Å²) in [5.41, 5.74) is 2.84. The Morgan fingerprint density at radius 3 is 3.38 bits per heavy atom. The molecule has 0 bridgehead atoms. The first-order chi connectivity index (χ1) is 4.00. The molecule has 0 spiro atoms. The van der Waals surface area contributed by atoms with E-state index >= 15 is 0 Å². The predicted molar refractivity (Wildman–Crippen MR) is 32.3 cm³/mol. The highest BCUT2D eigenvalue weighted by atomic mass is 16.6. The molecule has 0 saturated carbocycles. The zero-order valence-electron chi connectivity index (χ0n) is 4.89. The van der Waals surface area contributed by atoms with E-state index in [0.29, 0.717) is 6.61 Å². The summed E-state index contributed by atoms with van der Waals surface area (Å²) in [7, 11) is 0. The van der Waals surface area contributed by atoms with Crippen molar-refractivity contribution in [3.63, 3.8) is 0 Å². The van der Waals surface area contributed by atoms with Gasteiger partial charge in [0, 0.05) is 6.54 Å². The summed E-state index contributed by atoms with van der Waals surface area (Å²) in [5, 5.41) is 0. The van der Waals surface area contributed by atoms with Gasteiger partial charge in [0.2, 0.25) is 0 Å². The quantitative estimate of drug-likeness (QED) is 0.470. The van der Waals surface area contributed by atoms with E-state index < -0.39 is 0 Å². The minimum atomic E-state index is 0.708. The molecule has 0 aliphatic carbocycles. The molecule has 0 unspecified atom stereocenters. The van der Waals surface area contributed by atoms with Crippen LogP contribution < -0.4 is 5.48 Å². The first-order valence-electron chi connectivity index (χ1n) is 3.00. The van der Waals surface area contributed by atoms with Gasteiger partial charge >= 0.3 is 0 Å². The van der Waals surface area contributed by atoms with Crippen LogP contribution in [0.5, 0.6) is 0 Å². The standard InChI is InChI=1S/C6H11NO/c1-2-4-6-8-7-5-3-1/h2,4,7H,1,3,5-6H2. The van der Waals surface area contributed by atoms with E-state index in [1.807, 2.05) is 6.08 Å². The first kappa shape index (κ1) is 5.79. The maximum Gasteiger partial charge on any atom is 0.0863 e. The van der Waals surface area contributed by atoms with Crippen LogP contribution in [0.3, 0.4) is 0 Å². The molecule has 0 atom stereocenters. The molecular weight excluding hydrogens is 102 g/mol. The van der Waals surface area contributed by atoms with Gasteiger partial charge in [0.15, 0.2) is 0 Å². The summed E-state index contributed by atoms with van der Waals surface area (Å²) in [5.74, 6) is 0. The van der Waals surface area contributed by atoms with Crippen molar-refractivity contribution in [3.8, 4) is 0 Å². The SMILES string of the molecule is C1=CCONCCC1. The van der Waals surface area contributed by atoms with Crippen LogP contribution in [0.15, 0.2) is 12.2 Å². The fraction of sp³-hybridized carbons (Fsp3) is 0.667. The molecule has 1 N–H and O–H groups in total. The summed E-state index contributed by atoms with van der Waals surface area (Å²) in [6.45, 7) is 1.68. The van der Waals surface area contributed by atoms with Crippen molar-refractivity contribution in [1.82, 2.24) is 5.48 Å². The number of allylic oxidation sites excluding steroid dienone is 1. The fourth-order valence-electron chi connectivity index (χ4n) is 0.657. The zero-order chi connectivity index (χ0) is 5.66. The van der Waals surface area contributed by atoms with Crippen LogP contribution in [0.1, 0.15) is 12.8 Å². The molecule has 0 aromatic carbocycles. The van der Waals surface area contributed by atoms with Gasteiger partial charge in [0.05, 0.1) is 6.61 Å². The van der Waals surface area contributed by atoms with Crippen LogP contribution in [0.25, 0.3) is 0 Å². The fourth-order valence-corrected chi connectivity index (χ4v) is 0.657. The van der Waals surface area contributed by atoms with Crippen molar-refractivity contribution < 1.29 is 4.84 Å². The summed E-state index contributed by atoms with van der Waals surface area (Å²) in [6.07, 6.45) is 6.54. The zero-order valence-corrected chi connectivity index (χ0v) is 4.89. The number of hydroxylamine groups is 1. The van der Waals surface area contributed by atoms with Crippen LogP contribution in [0.2, 0.25) is 0 Å². The Bertz CT molecular complexity index is 70.6. The largest absolute Gasteiger partial charge is 0.298 e. The first-order valence-corrected chi connectivity index (χ1v) is 3.00. The van der Waals surface area contributed by atoms with Crippen LogP contribution in [-0.4, -0.2) is 13.2 Å². The summed E-state index contributed by atoms with van der Waals surface area (Å²) in [6, 6.07) is 0. The minimum Gasteiger partial charge on any atom is -0.298 e. The molecule has 8 heavy (non-hydrogen) atoms. The van der Waals surface area contributed by atoms with Crippen LogP contribution in [0.4, 0.5) is 0 Å². The smallest absolute Gasteiger partial charge is 0.0863 e. The summed E-state index contributed by atoms with van der Waals surface area (Å²) < 4.78 is 0. The molecule has 0 amide bonds. The van der Waals surface area contributed by atoms with Crippen molar-refractivity contribution in [3.05, 3.63) is 12.2 Å². The molecule has 1 aliphatic rings. The molecule has 0 aromatic rings. The highest BCUT2D eigenvalue weighted by Crippen LogP contribution is 1.91. The van der Waals surface area contributed by atoms with Crippen molar-refractivity contribution >= 4 is 0 Å². The maximum atomic E-state index is 4.94. The number of rotatable bonds is 0. The van der Waals surface area contributed by atoms with Gasteiger partial charge in [-0.05, 0) is 12.8 Å². The van der Waals surface area contributed by atoms with E-state index in [2.05, 4.69) is 11.6 Å². The van der Waals surface area contributed by atoms with Crippen molar-refractivity contribution in [2.45, 2.75) is 12.8 Å². The van der Waals surface area contributed by atoms with E-state index in [9.17, 15) is 0 Å². The van der Waals surface area contributed by atoms with Gasteiger partial charge in [0.25, 0.3) is 0 Å². The van der Waals surface area contributed by atoms with Crippen molar-refractivity contribution in [1.29, 1.82) is 0 Å². The van der Waals surface area contributed by atoms with E-state index in [0.717, 1.165) is 6.54 Å². The van der Waals surface area contributed by atoms with E-state index in [1.165, 1.54) is 12.8 Å². The monoisotopic (exact) mass is 113 g/mol. The average molecular weight is 113 g/mol. The van der Waals surface area contributed by atoms with Crippen LogP contribution >= 0.6 is 0 Å². The molecule has 1 heterocycles. The average Bonchev–Trinajstić information content (AvgIpc) is 1.62. The van der Waals surface area contributed by atoms with E-state index in [-0.39, 0.29) is 0 Å². The molecule has 0 fully saturated rings. The lowest BCUT2D eigenvalue weighted by atomic mass is 10.3. The molecule has 0 aromatic heterocycles. The minimum absolute atomic E-state index is 0.708. The Balaban J connectivity index is 2.17. The van der Waals surface area contributed by atoms with Crippen molar-refractivity contribution in [2.24, 2.45) is 0 Å². The van der Waals surface area contributed by atoms with Gasteiger partial charge in [-0.3, -0.25) is 4.84 Å². The van der Waals surface area contributed by atoms with Gasteiger partial charge in [-0.1, -0.05) is 12.2 Å². The van der Waals surface area contributed by atoms with Gasteiger partial charge in [-0.2, -0.15) is 0 Å². The topological polar surface area (TPSA) is 21.3 Å². The van der Waals surface area contributed by atoms with E-state index in [4.69, 9.17) is 4.84 Å². The Labute approximate surface area is 49.5 Å². The number of hydrogen-bond donors (Lipinski definition) is 1. The second-order valence-corrected chi connectivity index (χ2v) is 1.82. The third-order valence-electron chi connectivity index (χ3n) is 1.10. The summed E-state index contributed by atoms with van der Waals surface area (Å²) >= 11 is 0. The second-order valence-electron chi connectivity index (χ2n) is 1.82. The van der Waals surface area contributed by atoms with Gasteiger partial charge in [0.1, 0.15) is 0 Å². The molecule has 2 nitrogen and oxygen atoms in total. The van der Waals surface area contributed by atoms with Gasteiger partial charge in [-0.15, -0.1) is 0 Å². The molecule has 0 radical (unpaired) electrons. The molecule has 2 heteroatoms. The normalized spacial score (nSPS) is 22.0. The maximum absolute atomic E-state index is 4.94. The van der Waals surface area contributed by atoms with E-state index in [1.54, 1.807) is 0 Å². The molecular formula is C6H11NO. The predicted octanol–water partition coefficient (Wildman–Crippen LogP) is 0.858. The number of hydrogen-bond acceptors (Lipinski definition) is 2. The van der Waals surface area contributed by atoms with Gasteiger partial charge in [-0.25, -0.2) is 5.48 Å². The summed E-state index contributed by atoms with van der Waals surface area (Å²) in [4.78, 5) is 4.94. The Morgan fingerprint density at radius 2 is 2.38 bits per heavy atom. The highest BCUT2D eigenvalue weighted by Gasteiger charge is 1.87. The van der Waals surface area contributed by atoms with Crippen LogP contribution in [-0.2, 0) is 4.84 Å². The lowest BCUT2D eigenvalue weighted by Gasteiger charge is -2.04. The second kappa shape index (κ2) is 3.64. The van der Waals surface area contributed by atoms with Gasteiger partial charge < -0.3 is 0 Å². The lowest BCUT2D eigenvalue weighted by Crippen LogP contribution is -2.16. The Hall–Kier alpha value is -0.340. The molecule has 46 valence electrons.